The third-order valence-electron chi connectivity index (χ3n) is 14.1. The van der Waals surface area contributed by atoms with Gasteiger partial charge in [0, 0.05) is 10.8 Å². The van der Waals surface area contributed by atoms with Gasteiger partial charge in [0.1, 0.15) is 17.2 Å². The van der Waals surface area contributed by atoms with Crippen molar-refractivity contribution in [3.63, 3.8) is 0 Å². The average molecular weight is 755 g/mol. The highest BCUT2D eigenvalue weighted by molar-refractivity contribution is 5.83. The summed E-state index contributed by atoms with van der Waals surface area (Å²) >= 11 is 0. The molecule has 0 atom stereocenters. The molecule has 4 aromatic rings. The molecule has 56 heavy (non-hydrogen) atoms. The Kier molecular flexibility index (Phi) is 11.6. The Morgan fingerprint density at radius 1 is 0.446 bits per heavy atom. The van der Waals surface area contributed by atoms with Crippen molar-refractivity contribution in [3.05, 3.63) is 122 Å². The van der Waals surface area contributed by atoms with Crippen LogP contribution in [0.5, 0.6) is 17.2 Å². The van der Waals surface area contributed by atoms with Crippen LogP contribution in [0.4, 0.5) is 0 Å². The Bertz CT molecular complexity index is 2010. The van der Waals surface area contributed by atoms with E-state index in [0.29, 0.717) is 5.56 Å². The van der Waals surface area contributed by atoms with Gasteiger partial charge in [-0.3, -0.25) is 14.4 Å². The second-order valence-corrected chi connectivity index (χ2v) is 17.7. The van der Waals surface area contributed by atoms with Crippen LogP contribution in [0.2, 0.25) is 0 Å². The highest BCUT2D eigenvalue weighted by Crippen LogP contribution is 2.49. The number of aldehydes is 3. The predicted molar refractivity (Wildman–Crippen MR) is 222 cm³/mol. The van der Waals surface area contributed by atoms with Crippen LogP contribution >= 0.6 is 0 Å². The number of carbonyl (C=O) groups excluding carboxylic acids is 3. The molecule has 3 fully saturated rings. The first kappa shape index (κ1) is 39.5. The Morgan fingerprint density at radius 2 is 0.786 bits per heavy atom. The quantitative estimate of drug-likeness (QED) is 0.104. The maximum Gasteiger partial charge on any atom is 0.153 e. The van der Waals surface area contributed by atoms with Gasteiger partial charge in [-0.2, -0.15) is 0 Å². The third-order valence-corrected chi connectivity index (χ3v) is 14.1. The molecule has 0 aliphatic heterocycles. The zero-order valence-corrected chi connectivity index (χ0v) is 33.4. The molecule has 0 amide bonds. The van der Waals surface area contributed by atoms with Crippen LogP contribution < -0.4 is 0 Å². The molecule has 6 heteroatoms. The van der Waals surface area contributed by atoms with E-state index in [1.54, 1.807) is 12.1 Å². The zero-order valence-electron chi connectivity index (χ0n) is 33.4. The van der Waals surface area contributed by atoms with Crippen LogP contribution in [-0.4, -0.2) is 34.2 Å². The van der Waals surface area contributed by atoms with E-state index in [0.717, 1.165) is 153 Å². The van der Waals surface area contributed by atoms with Crippen molar-refractivity contribution in [1.29, 1.82) is 0 Å². The maximum absolute atomic E-state index is 12.7. The van der Waals surface area contributed by atoms with E-state index in [9.17, 15) is 29.7 Å². The standard InChI is InChI=1S/C50H58O6/c1-49(2,40-22-35(29-51)46(54)43(26-40)32-14-7-4-8-15-32)38-20-13-21-39(25-38)50(3,41-23-36(30-52)47(55)44(27-41)33-16-9-5-10-17-33)42-24-37(31-53)48(56)45(28-42)34-18-11-6-12-19-34/h13,20-34,54-56H,4-12,14-19H2,1-3H3. The SMILES string of the molecule is CC(C)(c1cccc(C(C)(c2cc(C=O)c(O)c(C3CCCCC3)c2)c2cc(C=O)c(O)c(C3CCCCC3)c2)c1)c1cc(C=O)c(O)c(C2CCCCC2)c1. The normalized spacial score (nSPS) is 17.8. The minimum atomic E-state index is -0.925. The first-order valence-corrected chi connectivity index (χ1v) is 21.1. The molecule has 0 bridgehead atoms. The molecule has 7 rings (SSSR count). The van der Waals surface area contributed by atoms with Crippen molar-refractivity contribution in [2.75, 3.05) is 0 Å². The Morgan fingerprint density at radius 3 is 1.16 bits per heavy atom. The first-order valence-electron chi connectivity index (χ1n) is 21.1. The van der Waals surface area contributed by atoms with Gasteiger partial charge in [-0.05, 0) is 126 Å². The number of benzene rings is 4. The van der Waals surface area contributed by atoms with Gasteiger partial charge in [-0.15, -0.1) is 0 Å². The minimum absolute atomic E-state index is 0.0437. The summed E-state index contributed by atoms with van der Waals surface area (Å²) in [4.78, 5) is 37.8. The fourth-order valence-electron chi connectivity index (χ4n) is 10.3. The lowest BCUT2D eigenvalue weighted by molar-refractivity contribution is 0.111. The van der Waals surface area contributed by atoms with Gasteiger partial charge < -0.3 is 15.3 Å². The van der Waals surface area contributed by atoms with Gasteiger partial charge in [-0.1, -0.05) is 114 Å². The van der Waals surface area contributed by atoms with Crippen molar-refractivity contribution in [3.8, 4) is 17.2 Å². The van der Waals surface area contributed by atoms with Crippen LogP contribution in [0.1, 0.15) is 210 Å². The van der Waals surface area contributed by atoms with E-state index < -0.39 is 10.8 Å². The molecule has 6 nitrogen and oxygen atoms in total. The molecular weight excluding hydrogens is 697 g/mol. The number of aromatic hydroxyl groups is 3. The molecule has 0 heterocycles. The molecule has 3 aliphatic rings. The lowest BCUT2D eigenvalue weighted by Crippen LogP contribution is -2.28. The molecule has 4 aromatic carbocycles. The zero-order chi connectivity index (χ0) is 39.6. The lowest BCUT2D eigenvalue weighted by Gasteiger charge is -2.36. The Balaban J connectivity index is 1.44. The second-order valence-electron chi connectivity index (χ2n) is 17.7. The number of hydrogen-bond donors (Lipinski definition) is 3. The van der Waals surface area contributed by atoms with Crippen LogP contribution in [0, 0.1) is 0 Å². The summed E-state index contributed by atoms with van der Waals surface area (Å²) in [5, 5.41) is 34.3. The van der Waals surface area contributed by atoms with Crippen LogP contribution in [0.25, 0.3) is 0 Å². The fraction of sp³-hybridized carbons (Fsp3) is 0.460. The smallest absolute Gasteiger partial charge is 0.153 e. The van der Waals surface area contributed by atoms with E-state index in [1.165, 1.54) is 6.42 Å². The van der Waals surface area contributed by atoms with Crippen molar-refractivity contribution >= 4 is 18.9 Å². The molecule has 0 saturated heterocycles. The highest BCUT2D eigenvalue weighted by Gasteiger charge is 2.37. The summed E-state index contributed by atoms with van der Waals surface area (Å²) in [6, 6.07) is 20.1. The molecule has 3 aliphatic carbocycles. The Labute approximate surface area is 332 Å². The molecule has 3 N–H and O–H groups in total. The van der Waals surface area contributed by atoms with Crippen molar-refractivity contribution in [1.82, 2.24) is 0 Å². The number of hydrogen-bond acceptors (Lipinski definition) is 6. The third kappa shape index (κ3) is 7.32. The topological polar surface area (TPSA) is 112 Å². The van der Waals surface area contributed by atoms with Gasteiger partial charge in [0.05, 0.1) is 16.7 Å². The summed E-state index contributed by atoms with van der Waals surface area (Å²) < 4.78 is 0. The summed E-state index contributed by atoms with van der Waals surface area (Å²) in [5.74, 6) is 0.628. The molecule has 3 saturated carbocycles. The monoisotopic (exact) mass is 754 g/mol. The first-order chi connectivity index (χ1) is 27.0. The summed E-state index contributed by atoms with van der Waals surface area (Å²) in [5.41, 5.74) is 6.24. The van der Waals surface area contributed by atoms with Crippen molar-refractivity contribution in [2.24, 2.45) is 0 Å². The minimum Gasteiger partial charge on any atom is -0.507 e. The lowest BCUT2D eigenvalue weighted by atomic mass is 9.67. The number of rotatable bonds is 11. The predicted octanol–water partition coefficient (Wildman–Crippen LogP) is 12.1. The van der Waals surface area contributed by atoms with Gasteiger partial charge in [0.25, 0.3) is 0 Å². The highest BCUT2D eigenvalue weighted by atomic mass is 16.3. The van der Waals surface area contributed by atoms with E-state index >= 15 is 0 Å². The number of phenols is 3. The average Bonchev–Trinajstić information content (AvgIpc) is 3.24. The Hall–Kier alpha value is -4.71. The fourth-order valence-corrected chi connectivity index (χ4v) is 10.3. The van der Waals surface area contributed by atoms with Crippen LogP contribution in [-0.2, 0) is 10.8 Å². The van der Waals surface area contributed by atoms with Gasteiger partial charge in [0.15, 0.2) is 18.9 Å². The summed E-state index contributed by atoms with van der Waals surface area (Å²) in [7, 11) is 0. The van der Waals surface area contributed by atoms with E-state index in [4.69, 9.17) is 0 Å². The largest absolute Gasteiger partial charge is 0.507 e. The van der Waals surface area contributed by atoms with E-state index in [1.807, 2.05) is 12.1 Å². The van der Waals surface area contributed by atoms with Crippen LogP contribution in [0.3, 0.4) is 0 Å². The summed E-state index contributed by atoms with van der Waals surface area (Å²) in [6.07, 6.45) is 17.9. The van der Waals surface area contributed by atoms with Gasteiger partial charge in [-0.25, -0.2) is 0 Å². The number of phenolic OH excluding ortho intramolecular Hbond substituents is 3. The maximum atomic E-state index is 12.7. The molecule has 294 valence electrons. The van der Waals surface area contributed by atoms with E-state index in [-0.39, 0.29) is 46.1 Å². The van der Waals surface area contributed by atoms with Crippen molar-refractivity contribution < 1.29 is 29.7 Å². The molecule has 0 aromatic heterocycles. The van der Waals surface area contributed by atoms with E-state index in [2.05, 4.69) is 57.2 Å². The summed E-state index contributed by atoms with van der Waals surface area (Å²) in [6.45, 7) is 6.42. The molecule has 0 spiro atoms. The van der Waals surface area contributed by atoms with Gasteiger partial charge in [0.2, 0.25) is 0 Å². The number of carbonyl (C=O) groups is 3. The second kappa shape index (κ2) is 16.4. The van der Waals surface area contributed by atoms with Gasteiger partial charge >= 0.3 is 0 Å². The molecule has 0 unspecified atom stereocenters. The molecule has 0 radical (unpaired) electrons. The van der Waals surface area contributed by atoms with Crippen LogP contribution in [0.15, 0.2) is 60.7 Å². The van der Waals surface area contributed by atoms with Crippen molar-refractivity contribution in [2.45, 2.75) is 146 Å². The molecular formula is C50H58O6.